The van der Waals surface area contributed by atoms with Gasteiger partial charge in [-0.15, -0.1) is 0 Å². The van der Waals surface area contributed by atoms with Gasteiger partial charge in [-0.05, 0) is 37.8 Å². The molecule has 102 valence electrons. The zero-order chi connectivity index (χ0) is 13.1. The number of hydrogen-bond donors (Lipinski definition) is 2. The lowest BCUT2D eigenvalue weighted by Gasteiger charge is -2.11. The molecule has 1 aliphatic carbocycles. The molecule has 1 aromatic rings. The summed E-state index contributed by atoms with van der Waals surface area (Å²) in [6.07, 6.45) is 6.45. The number of rotatable bonds is 5. The highest BCUT2D eigenvalue weighted by Gasteiger charge is 2.24. The Balaban J connectivity index is 1.51. The van der Waals surface area contributed by atoms with E-state index in [-0.39, 0.29) is 5.91 Å². The zero-order valence-electron chi connectivity index (χ0n) is 10.9. The number of aromatic nitrogens is 1. The van der Waals surface area contributed by atoms with E-state index in [1.54, 1.807) is 12.3 Å². The quantitative estimate of drug-likeness (QED) is 0.844. The smallest absolute Gasteiger partial charge is 0.270 e. The number of carbonyl (C=O) groups excluding carboxylic acids is 1. The van der Waals surface area contributed by atoms with Crippen LogP contribution in [0.5, 0.6) is 0 Å². The predicted molar refractivity (Wildman–Crippen MR) is 72.2 cm³/mol. The molecule has 5 nitrogen and oxygen atoms in total. The number of pyridine rings is 1. The molecule has 0 radical (unpaired) electrons. The number of nitrogens with zero attached hydrogens (tertiary/aromatic N) is 1. The molecular weight excluding hydrogens is 242 g/mol. The van der Waals surface area contributed by atoms with Crippen molar-refractivity contribution in [2.45, 2.75) is 37.8 Å². The first-order chi connectivity index (χ1) is 9.31. The first kappa shape index (κ1) is 12.4. The average Bonchev–Trinajstić information content (AvgIpc) is 3.09. The van der Waals surface area contributed by atoms with Crippen molar-refractivity contribution >= 4 is 11.6 Å². The second kappa shape index (κ2) is 5.57. The molecule has 2 heterocycles. The summed E-state index contributed by atoms with van der Waals surface area (Å²) < 4.78 is 5.54. The van der Waals surface area contributed by atoms with Gasteiger partial charge in [0.15, 0.2) is 0 Å². The molecular formula is C14H19N3O2. The van der Waals surface area contributed by atoms with E-state index in [1.807, 2.05) is 6.07 Å². The Hall–Kier alpha value is -1.62. The average molecular weight is 261 g/mol. The van der Waals surface area contributed by atoms with Gasteiger partial charge in [0.05, 0.1) is 18.0 Å². The van der Waals surface area contributed by atoms with Crippen molar-refractivity contribution in [2.24, 2.45) is 0 Å². The molecule has 3 rings (SSSR count). The van der Waals surface area contributed by atoms with Crippen molar-refractivity contribution in [3.8, 4) is 0 Å². The molecule has 0 aromatic carbocycles. The third-order valence-corrected chi connectivity index (χ3v) is 3.47. The molecule has 2 fully saturated rings. The van der Waals surface area contributed by atoms with Crippen molar-refractivity contribution in [1.82, 2.24) is 10.3 Å². The SMILES string of the molecule is O=C(NC1CC1)c1ccc(NCC2CCCO2)cn1. The molecule has 1 aliphatic heterocycles. The van der Waals surface area contributed by atoms with Crippen LogP contribution in [0.1, 0.15) is 36.2 Å². The highest BCUT2D eigenvalue weighted by atomic mass is 16.5. The van der Waals surface area contributed by atoms with Crippen LogP contribution in [0.25, 0.3) is 0 Å². The van der Waals surface area contributed by atoms with Crippen LogP contribution in [0.3, 0.4) is 0 Å². The molecule has 2 N–H and O–H groups in total. The minimum absolute atomic E-state index is 0.0758. The first-order valence-corrected chi connectivity index (χ1v) is 6.93. The van der Waals surface area contributed by atoms with E-state index < -0.39 is 0 Å². The van der Waals surface area contributed by atoms with E-state index in [1.165, 1.54) is 0 Å². The number of amides is 1. The van der Waals surface area contributed by atoms with Gasteiger partial charge in [-0.1, -0.05) is 0 Å². The van der Waals surface area contributed by atoms with E-state index in [2.05, 4.69) is 15.6 Å². The molecule has 1 aromatic heterocycles. The number of ether oxygens (including phenoxy) is 1. The molecule has 1 atom stereocenters. The van der Waals surface area contributed by atoms with Gasteiger partial charge in [-0.2, -0.15) is 0 Å². The van der Waals surface area contributed by atoms with Crippen LogP contribution in [0.2, 0.25) is 0 Å². The second-order valence-electron chi connectivity index (χ2n) is 5.20. The number of hydrogen-bond acceptors (Lipinski definition) is 4. The van der Waals surface area contributed by atoms with E-state index in [0.29, 0.717) is 17.8 Å². The van der Waals surface area contributed by atoms with Gasteiger partial charge in [0, 0.05) is 19.2 Å². The van der Waals surface area contributed by atoms with Gasteiger partial charge >= 0.3 is 0 Å². The van der Waals surface area contributed by atoms with Crippen LogP contribution in [-0.4, -0.2) is 36.2 Å². The largest absolute Gasteiger partial charge is 0.381 e. The van der Waals surface area contributed by atoms with Gasteiger partial charge in [0.25, 0.3) is 5.91 Å². The van der Waals surface area contributed by atoms with Crippen molar-refractivity contribution in [3.63, 3.8) is 0 Å². The Morgan fingerprint density at radius 1 is 1.37 bits per heavy atom. The molecule has 1 saturated heterocycles. The Labute approximate surface area is 112 Å². The Morgan fingerprint density at radius 3 is 2.89 bits per heavy atom. The van der Waals surface area contributed by atoms with Crippen LogP contribution in [0.15, 0.2) is 18.3 Å². The van der Waals surface area contributed by atoms with Crippen LogP contribution in [-0.2, 0) is 4.74 Å². The van der Waals surface area contributed by atoms with Crippen LogP contribution in [0.4, 0.5) is 5.69 Å². The molecule has 19 heavy (non-hydrogen) atoms. The van der Waals surface area contributed by atoms with Crippen molar-refractivity contribution in [1.29, 1.82) is 0 Å². The summed E-state index contributed by atoms with van der Waals surface area (Å²) in [4.78, 5) is 15.9. The summed E-state index contributed by atoms with van der Waals surface area (Å²) in [7, 11) is 0. The zero-order valence-corrected chi connectivity index (χ0v) is 10.9. The topological polar surface area (TPSA) is 63.2 Å². The van der Waals surface area contributed by atoms with E-state index in [9.17, 15) is 4.79 Å². The summed E-state index contributed by atoms with van der Waals surface area (Å²) in [6, 6.07) is 4.02. The number of anilines is 1. The number of nitrogens with one attached hydrogen (secondary N) is 2. The van der Waals surface area contributed by atoms with Gasteiger partial charge in [-0.25, -0.2) is 4.98 Å². The lowest BCUT2D eigenvalue weighted by Crippen LogP contribution is -2.26. The first-order valence-electron chi connectivity index (χ1n) is 6.93. The Kier molecular flexibility index (Phi) is 3.64. The summed E-state index contributed by atoms with van der Waals surface area (Å²) in [5.74, 6) is -0.0758. The van der Waals surface area contributed by atoms with Crippen LogP contribution in [0, 0.1) is 0 Å². The summed E-state index contributed by atoms with van der Waals surface area (Å²) >= 11 is 0. The van der Waals surface area contributed by atoms with Crippen molar-refractivity contribution < 1.29 is 9.53 Å². The highest BCUT2D eigenvalue weighted by Crippen LogP contribution is 2.19. The van der Waals surface area contributed by atoms with E-state index in [4.69, 9.17) is 4.74 Å². The van der Waals surface area contributed by atoms with Gasteiger partial charge in [-0.3, -0.25) is 4.79 Å². The van der Waals surface area contributed by atoms with Crippen LogP contribution < -0.4 is 10.6 Å². The second-order valence-corrected chi connectivity index (χ2v) is 5.20. The lowest BCUT2D eigenvalue weighted by molar-refractivity contribution is 0.0946. The Morgan fingerprint density at radius 2 is 2.26 bits per heavy atom. The van der Waals surface area contributed by atoms with Crippen LogP contribution >= 0.6 is 0 Å². The molecule has 0 spiro atoms. The maximum atomic E-state index is 11.8. The van der Waals surface area contributed by atoms with Gasteiger partial charge < -0.3 is 15.4 Å². The highest BCUT2D eigenvalue weighted by molar-refractivity contribution is 5.92. The summed E-state index contributed by atoms with van der Waals surface area (Å²) in [6.45, 7) is 1.67. The normalized spacial score (nSPS) is 22.2. The fraction of sp³-hybridized carbons (Fsp3) is 0.571. The monoisotopic (exact) mass is 261 g/mol. The standard InChI is InChI=1S/C14H19N3O2/c18-14(17-10-3-4-10)13-6-5-11(8-16-13)15-9-12-2-1-7-19-12/h5-6,8,10,12,15H,1-4,7,9H2,(H,17,18). The molecule has 1 unspecified atom stereocenters. The summed E-state index contributed by atoms with van der Waals surface area (Å²) in [5, 5.41) is 6.21. The predicted octanol–water partition coefficient (Wildman–Crippen LogP) is 1.56. The minimum atomic E-state index is -0.0758. The van der Waals surface area contributed by atoms with Crippen molar-refractivity contribution in [2.75, 3.05) is 18.5 Å². The van der Waals surface area contributed by atoms with Crippen molar-refractivity contribution in [3.05, 3.63) is 24.0 Å². The van der Waals surface area contributed by atoms with E-state index >= 15 is 0 Å². The minimum Gasteiger partial charge on any atom is -0.381 e. The molecule has 2 aliphatic rings. The summed E-state index contributed by atoms with van der Waals surface area (Å²) in [5.41, 5.74) is 1.41. The lowest BCUT2D eigenvalue weighted by atomic mass is 10.2. The fourth-order valence-corrected chi connectivity index (χ4v) is 2.16. The Bertz CT molecular complexity index is 437. The van der Waals surface area contributed by atoms with E-state index in [0.717, 1.165) is 44.5 Å². The molecule has 1 amide bonds. The fourth-order valence-electron chi connectivity index (χ4n) is 2.16. The maximum Gasteiger partial charge on any atom is 0.270 e. The number of carbonyl (C=O) groups is 1. The third kappa shape index (κ3) is 3.44. The van der Waals surface area contributed by atoms with Gasteiger partial charge in [0.2, 0.25) is 0 Å². The third-order valence-electron chi connectivity index (χ3n) is 3.47. The molecule has 5 heteroatoms. The molecule has 0 bridgehead atoms. The molecule has 1 saturated carbocycles. The van der Waals surface area contributed by atoms with Gasteiger partial charge in [0.1, 0.15) is 5.69 Å². The maximum absolute atomic E-state index is 11.8.